The number of nitrogens with zero attached hydrogens (tertiary/aromatic N) is 4. The molecule has 0 saturated heterocycles. The normalized spacial score (nSPS) is 14.1. The van der Waals surface area contributed by atoms with Crippen molar-refractivity contribution < 1.29 is 60.3 Å². The molecule has 1 atom stereocenters. The van der Waals surface area contributed by atoms with E-state index < -0.39 is 57.2 Å². The van der Waals surface area contributed by atoms with Gasteiger partial charge >= 0.3 is 20.2 Å². The van der Waals surface area contributed by atoms with Crippen molar-refractivity contribution in [3.8, 4) is 11.5 Å². The quantitative estimate of drug-likeness (QED) is 0.0792. The molecule has 3 aromatic carbocycles. The average Bonchev–Trinajstić information content (AvgIpc) is 3.44. The monoisotopic (exact) mass is 671 g/mol. The van der Waals surface area contributed by atoms with Crippen molar-refractivity contribution in [1.29, 1.82) is 0 Å². The second kappa shape index (κ2) is 12.9. The van der Waals surface area contributed by atoms with Gasteiger partial charge in [-0.1, -0.05) is 22.4 Å². The van der Waals surface area contributed by atoms with Gasteiger partial charge in [0.15, 0.2) is 33.3 Å². The van der Waals surface area contributed by atoms with Crippen LogP contribution in [0.5, 0.6) is 11.5 Å². The number of hydrogen-bond acceptors (Lipinski definition) is 16. The fourth-order valence-corrected chi connectivity index (χ4v) is 5.10. The van der Waals surface area contributed by atoms with Crippen LogP contribution in [0.3, 0.4) is 0 Å². The van der Waals surface area contributed by atoms with Gasteiger partial charge in [-0.15, -0.1) is 0 Å². The first-order chi connectivity index (χ1) is 20.9. The Bertz CT molecular complexity index is 1930. The van der Waals surface area contributed by atoms with Crippen LogP contribution in [0.1, 0.15) is 10.4 Å². The van der Waals surface area contributed by atoms with Crippen LogP contribution < -0.4 is 36.0 Å². The molecule has 0 bridgehead atoms. The van der Waals surface area contributed by atoms with Crippen molar-refractivity contribution in [2.75, 3.05) is 25.1 Å². The van der Waals surface area contributed by atoms with Crippen LogP contribution in [-0.4, -0.2) is 62.3 Å². The zero-order valence-electron chi connectivity index (χ0n) is 22.7. The minimum atomic E-state index is -5.11. The molecule has 4 rings (SSSR count). The number of hydrazine groups is 1. The molecule has 0 fully saturated rings. The summed E-state index contributed by atoms with van der Waals surface area (Å²) in [6.45, 7) is 0. The number of nitro benzene ring substituents is 2. The van der Waals surface area contributed by atoms with Crippen LogP contribution in [-0.2, 0) is 20.2 Å². The Morgan fingerprint density at radius 1 is 0.933 bits per heavy atom. The predicted molar refractivity (Wildman–Crippen MR) is 149 cm³/mol. The van der Waals surface area contributed by atoms with Gasteiger partial charge in [0.05, 0.1) is 42.2 Å². The fourth-order valence-electron chi connectivity index (χ4n) is 3.77. The number of nitrogen functional groups attached to an aromatic ring is 1. The number of rotatable bonds is 9. The molecule has 1 aliphatic rings. The molecule has 0 spiro atoms. The molecule has 0 radical (unpaired) electrons. The number of benzene rings is 3. The summed E-state index contributed by atoms with van der Waals surface area (Å²) in [6.07, 6.45) is 1.04. The number of carboxylic acid groups (broad SMARTS) is 1. The largest absolute Gasteiger partial charge is 0.545 e. The fraction of sp³-hybridized carbons (Fsp3) is 0.0909. The number of hydrogen-bond donors (Lipinski definition) is 5. The second-order valence-electron chi connectivity index (χ2n) is 8.44. The molecular weight excluding hydrogens is 650 g/mol. The summed E-state index contributed by atoms with van der Waals surface area (Å²) >= 11 is 0. The summed E-state index contributed by atoms with van der Waals surface area (Å²) < 4.78 is 76.3. The van der Waals surface area contributed by atoms with Crippen molar-refractivity contribution in [2.45, 2.75) is 9.79 Å². The number of anilines is 2. The van der Waals surface area contributed by atoms with E-state index in [1.807, 2.05) is 0 Å². The SMILES string of the molecule is COc1cc([N+](=O)[O-])c(S(=O)(=O)O)cc1N1NC=N[NH+]1c1cc(S(=O)(=O)O)c([N+](=O)[O-])cc1OC.Nc1cccc(C(=O)[O-])c1. The Balaban J connectivity index is 0.000000468. The zero-order chi connectivity index (χ0) is 33.9. The van der Waals surface area contributed by atoms with Crippen LogP contribution in [0.4, 0.5) is 28.4 Å². The summed E-state index contributed by atoms with van der Waals surface area (Å²) in [6, 6.07) is 8.80. The molecule has 1 heterocycles. The highest BCUT2D eigenvalue weighted by molar-refractivity contribution is 7.86. The summed E-state index contributed by atoms with van der Waals surface area (Å²) in [7, 11) is -8.00. The molecule has 1 unspecified atom stereocenters. The third-order valence-electron chi connectivity index (χ3n) is 5.68. The van der Waals surface area contributed by atoms with E-state index in [9.17, 15) is 56.1 Å². The van der Waals surface area contributed by atoms with Crippen LogP contribution >= 0.6 is 0 Å². The number of carbonyl (C=O) groups is 1. The highest BCUT2D eigenvalue weighted by atomic mass is 32.2. The van der Waals surface area contributed by atoms with Crippen LogP contribution in [0.25, 0.3) is 0 Å². The smallest absolute Gasteiger partial charge is 0.301 e. The molecule has 240 valence electrons. The molecule has 3 aromatic rings. The summed E-state index contributed by atoms with van der Waals surface area (Å²) in [5.41, 5.74) is 5.90. The molecule has 0 saturated carbocycles. The van der Waals surface area contributed by atoms with E-state index >= 15 is 0 Å². The number of nitrogens with two attached hydrogens (primary N) is 1. The maximum absolute atomic E-state index is 11.8. The van der Waals surface area contributed by atoms with Gasteiger partial charge in [0, 0.05) is 17.8 Å². The zero-order valence-corrected chi connectivity index (χ0v) is 24.3. The van der Waals surface area contributed by atoms with Crippen molar-refractivity contribution in [3.05, 3.63) is 74.3 Å². The van der Waals surface area contributed by atoms with E-state index in [1.165, 1.54) is 12.1 Å². The second-order valence-corrected chi connectivity index (χ2v) is 11.2. The van der Waals surface area contributed by atoms with Gasteiger partial charge in [-0.25, -0.2) is 5.43 Å². The number of carbonyl (C=O) groups excluding carboxylic acids is 1. The van der Waals surface area contributed by atoms with Crippen LogP contribution in [0.2, 0.25) is 0 Å². The number of nitrogens with one attached hydrogen (secondary N) is 2. The molecular formula is C22H21N7O14S2. The van der Waals surface area contributed by atoms with Crippen LogP contribution in [0, 0.1) is 20.2 Å². The molecule has 21 nitrogen and oxygen atoms in total. The number of methoxy groups -OCH3 is 2. The Morgan fingerprint density at radius 3 is 1.91 bits per heavy atom. The predicted octanol–water partition coefficient (Wildman–Crippen LogP) is -0.955. The van der Waals surface area contributed by atoms with Crippen LogP contribution in [0.15, 0.2) is 63.4 Å². The van der Waals surface area contributed by atoms with E-state index in [1.54, 1.807) is 12.1 Å². The van der Waals surface area contributed by atoms with Crippen molar-refractivity contribution in [1.82, 2.24) is 5.43 Å². The highest BCUT2D eigenvalue weighted by Crippen LogP contribution is 2.38. The van der Waals surface area contributed by atoms with E-state index in [0.717, 1.165) is 25.7 Å². The minimum absolute atomic E-state index is 0.111. The van der Waals surface area contributed by atoms with Gasteiger partial charge in [0.25, 0.3) is 11.4 Å². The Hall–Kier alpha value is -5.62. The molecule has 0 aromatic heterocycles. The van der Waals surface area contributed by atoms with E-state index in [0.29, 0.717) is 30.0 Å². The third-order valence-corrected chi connectivity index (χ3v) is 7.45. The third kappa shape index (κ3) is 7.48. The summed E-state index contributed by atoms with van der Waals surface area (Å²) in [5, 5.41) is 37.5. The lowest BCUT2D eigenvalue weighted by Crippen LogP contribution is -3.10. The van der Waals surface area contributed by atoms with E-state index in [4.69, 9.17) is 15.2 Å². The Labute approximate surface area is 252 Å². The van der Waals surface area contributed by atoms with Gasteiger partial charge in [-0.3, -0.25) is 29.3 Å². The number of quaternary nitrogens is 1. The summed E-state index contributed by atoms with van der Waals surface area (Å²) in [4.78, 5) is 28.5. The van der Waals surface area contributed by atoms with Gasteiger partial charge in [0.1, 0.15) is 0 Å². The van der Waals surface area contributed by atoms with Crippen molar-refractivity contribution in [2.24, 2.45) is 5.10 Å². The number of aromatic carboxylic acids is 1. The van der Waals surface area contributed by atoms with Crippen molar-refractivity contribution >= 4 is 61.0 Å². The standard InChI is InChI=1S/C15H14N6O12S2.C7H7NO2/c1-32-12-3-10(20(22)23)14(34(26,27)28)5-8(12)18-16-7-17-19(18)9-6-15(35(29,30)31)11(21(24)25)4-13(9)33-2;8-6-3-1-2-5(4-6)7(9)10/h3-7H,1-2H3,(H,16,17)(H,26,27,28)(H,29,30,31);1-4H,8H2,(H,9,10). The minimum Gasteiger partial charge on any atom is -0.545 e. The Morgan fingerprint density at radius 2 is 1.47 bits per heavy atom. The van der Waals surface area contributed by atoms with E-state index in [2.05, 4.69) is 10.5 Å². The van der Waals surface area contributed by atoms with Gasteiger partial charge in [-0.2, -0.15) is 16.8 Å². The molecule has 6 N–H and O–H groups in total. The average molecular weight is 672 g/mol. The number of nitro groups is 2. The first-order valence-corrected chi connectivity index (χ1v) is 14.5. The molecule has 1 aliphatic heterocycles. The van der Waals surface area contributed by atoms with Gasteiger partial charge in [-0.05, 0) is 22.8 Å². The summed E-state index contributed by atoms with van der Waals surface area (Å²) in [5.74, 6) is -1.76. The lowest BCUT2D eigenvalue weighted by Gasteiger charge is -2.24. The molecule has 0 amide bonds. The molecule has 0 aliphatic carbocycles. The first-order valence-electron chi connectivity index (χ1n) is 11.6. The van der Waals surface area contributed by atoms with Gasteiger partial charge in [0.2, 0.25) is 5.69 Å². The first kappa shape index (κ1) is 33.9. The van der Waals surface area contributed by atoms with Crippen molar-refractivity contribution in [3.63, 3.8) is 0 Å². The lowest BCUT2D eigenvalue weighted by atomic mass is 10.2. The molecule has 23 heteroatoms. The Kier molecular flexibility index (Phi) is 9.74. The maximum atomic E-state index is 11.8. The number of carboxylic acids is 1. The molecule has 45 heavy (non-hydrogen) atoms. The number of ether oxygens (including phenoxy) is 2. The van der Waals surface area contributed by atoms with E-state index in [-0.39, 0.29) is 33.6 Å². The van der Waals surface area contributed by atoms with Gasteiger partial charge < -0.3 is 25.1 Å². The topological polar surface area (TPSA) is 312 Å². The maximum Gasteiger partial charge on any atom is 0.301 e. The highest BCUT2D eigenvalue weighted by Gasteiger charge is 2.39. The lowest BCUT2D eigenvalue weighted by molar-refractivity contribution is -0.846.